The minimum atomic E-state index is -1.23. The number of anilines is 1. The van der Waals surface area contributed by atoms with E-state index in [1.807, 2.05) is 0 Å². The number of rotatable bonds is 4. The molecule has 0 fully saturated rings. The number of amides is 1. The molecule has 0 aromatic carbocycles. The number of pyridine rings is 1. The minimum absolute atomic E-state index is 0.297. The smallest absolute Gasteiger partial charge is 0.331 e. The van der Waals surface area contributed by atoms with Crippen molar-refractivity contribution in [2.24, 2.45) is 0 Å². The Bertz CT molecular complexity index is 986. The SMILES string of the molecule is Cc1cc(C(=O)Nc2cnn(C(C)(C)C(=O)O)c2)c2c(C)noc2n1. The van der Waals surface area contributed by atoms with E-state index in [0.29, 0.717) is 33.7 Å². The summed E-state index contributed by atoms with van der Waals surface area (Å²) in [5, 5.41) is 20.4. The monoisotopic (exact) mass is 343 g/mol. The topological polar surface area (TPSA) is 123 Å². The van der Waals surface area contributed by atoms with E-state index < -0.39 is 11.5 Å². The van der Waals surface area contributed by atoms with Crippen molar-refractivity contribution in [3.63, 3.8) is 0 Å². The number of fused-ring (bicyclic) bond motifs is 1. The largest absolute Gasteiger partial charge is 0.479 e. The average molecular weight is 343 g/mol. The third kappa shape index (κ3) is 2.84. The van der Waals surface area contributed by atoms with E-state index in [0.717, 1.165) is 0 Å². The van der Waals surface area contributed by atoms with Gasteiger partial charge in [-0.1, -0.05) is 5.16 Å². The van der Waals surface area contributed by atoms with Gasteiger partial charge in [0.2, 0.25) is 0 Å². The lowest BCUT2D eigenvalue weighted by molar-refractivity contribution is -0.146. The summed E-state index contributed by atoms with van der Waals surface area (Å²) in [5.41, 5.74) is 1.02. The molecule has 0 aliphatic rings. The van der Waals surface area contributed by atoms with Gasteiger partial charge in [-0.05, 0) is 33.8 Å². The van der Waals surface area contributed by atoms with E-state index in [-0.39, 0.29) is 5.91 Å². The van der Waals surface area contributed by atoms with Crippen molar-refractivity contribution in [2.45, 2.75) is 33.2 Å². The standard InChI is InChI=1S/C16H17N5O4/c1-8-5-11(12-9(2)20-25-14(12)18-8)13(22)19-10-6-17-21(7-10)16(3,4)15(23)24/h5-7H,1-4H3,(H,19,22)(H,23,24). The molecule has 0 bridgehead atoms. The predicted molar refractivity (Wildman–Crippen MR) is 88.4 cm³/mol. The van der Waals surface area contributed by atoms with E-state index >= 15 is 0 Å². The second kappa shape index (κ2) is 5.69. The summed E-state index contributed by atoms with van der Waals surface area (Å²) in [6.45, 7) is 6.52. The lowest BCUT2D eigenvalue weighted by Gasteiger charge is -2.19. The van der Waals surface area contributed by atoms with E-state index in [4.69, 9.17) is 4.52 Å². The second-order valence-electron chi connectivity index (χ2n) is 6.25. The Hall–Kier alpha value is -3.23. The highest BCUT2D eigenvalue weighted by Gasteiger charge is 2.30. The Balaban J connectivity index is 1.93. The molecule has 9 heteroatoms. The van der Waals surface area contributed by atoms with E-state index in [1.165, 1.54) is 30.9 Å². The van der Waals surface area contributed by atoms with Crippen molar-refractivity contribution in [2.75, 3.05) is 5.32 Å². The van der Waals surface area contributed by atoms with Gasteiger partial charge in [0.1, 0.15) is 0 Å². The van der Waals surface area contributed by atoms with Crippen LogP contribution in [0.4, 0.5) is 5.69 Å². The van der Waals surface area contributed by atoms with Gasteiger partial charge in [0, 0.05) is 11.9 Å². The molecule has 0 aliphatic carbocycles. The highest BCUT2D eigenvalue weighted by Crippen LogP contribution is 2.23. The molecule has 0 aliphatic heterocycles. The van der Waals surface area contributed by atoms with Crippen LogP contribution in [-0.4, -0.2) is 36.9 Å². The number of aryl methyl sites for hydroxylation is 2. The Morgan fingerprint density at radius 1 is 1.32 bits per heavy atom. The fourth-order valence-electron chi connectivity index (χ4n) is 2.39. The summed E-state index contributed by atoms with van der Waals surface area (Å²) >= 11 is 0. The van der Waals surface area contributed by atoms with Crippen LogP contribution in [0.1, 0.15) is 35.6 Å². The van der Waals surface area contributed by atoms with Gasteiger partial charge >= 0.3 is 5.97 Å². The quantitative estimate of drug-likeness (QED) is 0.743. The van der Waals surface area contributed by atoms with Crippen molar-refractivity contribution in [3.8, 4) is 0 Å². The van der Waals surface area contributed by atoms with Crippen molar-refractivity contribution in [1.82, 2.24) is 19.9 Å². The molecule has 2 N–H and O–H groups in total. The van der Waals surface area contributed by atoms with Crippen LogP contribution in [-0.2, 0) is 10.3 Å². The fraction of sp³-hybridized carbons (Fsp3) is 0.312. The molecule has 9 nitrogen and oxygen atoms in total. The lowest BCUT2D eigenvalue weighted by Crippen LogP contribution is -2.35. The molecule has 3 aromatic heterocycles. The molecule has 25 heavy (non-hydrogen) atoms. The number of carboxylic acid groups (broad SMARTS) is 1. The third-order valence-corrected chi connectivity index (χ3v) is 3.93. The van der Waals surface area contributed by atoms with Gasteiger partial charge in [0.05, 0.1) is 28.5 Å². The molecule has 0 spiro atoms. The number of carbonyl (C=O) groups is 2. The molecule has 130 valence electrons. The normalized spacial score (nSPS) is 11.7. The number of carboxylic acids is 1. The van der Waals surface area contributed by atoms with Crippen LogP contribution in [0.2, 0.25) is 0 Å². The molecular weight excluding hydrogens is 326 g/mol. The van der Waals surface area contributed by atoms with Gasteiger partial charge in [-0.2, -0.15) is 5.10 Å². The third-order valence-electron chi connectivity index (χ3n) is 3.93. The summed E-state index contributed by atoms with van der Waals surface area (Å²) in [4.78, 5) is 28.2. The Morgan fingerprint density at radius 3 is 2.72 bits per heavy atom. The predicted octanol–water partition coefficient (Wildman–Crippen LogP) is 2.11. The maximum absolute atomic E-state index is 12.7. The van der Waals surface area contributed by atoms with Crippen molar-refractivity contribution >= 4 is 28.7 Å². The first kappa shape index (κ1) is 16.6. The van der Waals surface area contributed by atoms with Gasteiger partial charge in [-0.15, -0.1) is 0 Å². The first-order valence-electron chi connectivity index (χ1n) is 7.53. The summed E-state index contributed by atoms with van der Waals surface area (Å²) in [5.74, 6) is -1.41. The second-order valence-corrected chi connectivity index (χ2v) is 6.25. The summed E-state index contributed by atoms with van der Waals surface area (Å²) < 4.78 is 6.40. The van der Waals surface area contributed by atoms with Gasteiger partial charge in [-0.25, -0.2) is 9.78 Å². The molecule has 0 atom stereocenters. The summed E-state index contributed by atoms with van der Waals surface area (Å²) in [7, 11) is 0. The van der Waals surface area contributed by atoms with Crippen molar-refractivity contribution < 1.29 is 19.2 Å². The van der Waals surface area contributed by atoms with Crippen LogP contribution in [0.5, 0.6) is 0 Å². The van der Waals surface area contributed by atoms with Gasteiger partial charge in [0.25, 0.3) is 11.6 Å². The summed E-state index contributed by atoms with van der Waals surface area (Å²) in [6, 6.07) is 1.65. The molecule has 0 saturated heterocycles. The zero-order valence-electron chi connectivity index (χ0n) is 14.2. The molecular formula is C16H17N5O4. The lowest BCUT2D eigenvalue weighted by atomic mass is 10.1. The van der Waals surface area contributed by atoms with E-state index in [1.54, 1.807) is 19.9 Å². The Labute approximate surface area is 142 Å². The van der Waals surface area contributed by atoms with Crippen LogP contribution < -0.4 is 5.32 Å². The molecule has 3 heterocycles. The van der Waals surface area contributed by atoms with E-state index in [9.17, 15) is 14.7 Å². The van der Waals surface area contributed by atoms with Crippen molar-refractivity contribution in [1.29, 1.82) is 0 Å². The van der Waals surface area contributed by atoms with Crippen molar-refractivity contribution in [3.05, 3.63) is 35.4 Å². The zero-order chi connectivity index (χ0) is 18.4. The number of aromatic nitrogens is 4. The molecule has 0 saturated carbocycles. The Morgan fingerprint density at radius 2 is 2.04 bits per heavy atom. The number of nitrogens with one attached hydrogen (secondary N) is 1. The first-order chi connectivity index (χ1) is 11.7. The van der Waals surface area contributed by atoms with Crippen LogP contribution in [0.15, 0.2) is 23.0 Å². The summed E-state index contributed by atoms with van der Waals surface area (Å²) in [6.07, 6.45) is 2.87. The van der Waals surface area contributed by atoms with E-state index in [2.05, 4.69) is 20.6 Å². The van der Waals surface area contributed by atoms with Gasteiger partial charge in [-0.3, -0.25) is 9.48 Å². The maximum atomic E-state index is 12.7. The number of hydrogen-bond acceptors (Lipinski definition) is 6. The number of hydrogen-bond donors (Lipinski definition) is 2. The minimum Gasteiger partial charge on any atom is -0.479 e. The van der Waals surface area contributed by atoms with Gasteiger partial charge < -0.3 is 14.9 Å². The molecule has 0 radical (unpaired) electrons. The highest BCUT2D eigenvalue weighted by molar-refractivity contribution is 6.12. The van der Waals surface area contributed by atoms with Crippen LogP contribution in [0.3, 0.4) is 0 Å². The Kier molecular flexibility index (Phi) is 3.78. The van der Waals surface area contributed by atoms with Crippen LogP contribution in [0, 0.1) is 13.8 Å². The average Bonchev–Trinajstić information content (AvgIpc) is 3.14. The fourth-order valence-corrected chi connectivity index (χ4v) is 2.39. The number of nitrogens with zero attached hydrogens (tertiary/aromatic N) is 4. The number of aliphatic carboxylic acids is 1. The van der Waals surface area contributed by atoms with Gasteiger partial charge in [0.15, 0.2) is 5.54 Å². The number of carbonyl (C=O) groups excluding carboxylic acids is 1. The molecule has 0 unspecified atom stereocenters. The van der Waals surface area contributed by atoms with Crippen LogP contribution >= 0.6 is 0 Å². The highest BCUT2D eigenvalue weighted by atomic mass is 16.5. The van der Waals surface area contributed by atoms with Crippen LogP contribution in [0.25, 0.3) is 11.1 Å². The first-order valence-corrected chi connectivity index (χ1v) is 7.53. The molecule has 3 rings (SSSR count). The zero-order valence-corrected chi connectivity index (χ0v) is 14.2. The molecule has 3 aromatic rings. The molecule has 1 amide bonds. The maximum Gasteiger partial charge on any atom is 0.331 e.